The molecule has 0 unspecified atom stereocenters. The van der Waals surface area contributed by atoms with E-state index in [1.165, 1.54) is 0 Å². The van der Waals surface area contributed by atoms with Gasteiger partial charge in [-0.25, -0.2) is 13.6 Å². The lowest BCUT2D eigenvalue weighted by molar-refractivity contribution is -0.206. The maximum absolute atomic E-state index is 13.5. The molecule has 0 aliphatic rings. The van der Waals surface area contributed by atoms with Gasteiger partial charge in [0, 0.05) is 19.3 Å². The zero-order valence-electron chi connectivity index (χ0n) is 13.5. The lowest BCUT2D eigenvalue weighted by Crippen LogP contribution is -2.34. The molecule has 0 spiro atoms. The summed E-state index contributed by atoms with van der Waals surface area (Å²) in [6.07, 6.45) is -6.64. The van der Waals surface area contributed by atoms with Crippen molar-refractivity contribution in [1.82, 2.24) is 0 Å². The number of aromatic hydroxyl groups is 1. The fourth-order valence-corrected chi connectivity index (χ4v) is 2.03. The third-order valence-corrected chi connectivity index (χ3v) is 3.33. The first-order valence-electron chi connectivity index (χ1n) is 7.70. The Bertz CT molecular complexity index is 574. The normalized spacial score (nSPS) is 12.9. The molecule has 1 aromatic carbocycles. The van der Waals surface area contributed by atoms with E-state index >= 15 is 0 Å². The van der Waals surface area contributed by atoms with Crippen LogP contribution in [0.5, 0.6) is 5.75 Å². The molecule has 1 N–H and O–H groups in total. The number of carbonyl (C=O) groups is 1. The maximum Gasteiger partial charge on any atom is 0.425 e. The van der Waals surface area contributed by atoms with Crippen molar-refractivity contribution in [3.05, 3.63) is 29.3 Å². The minimum atomic E-state index is -4.83. The lowest BCUT2D eigenvalue weighted by atomic mass is 10.1. The van der Waals surface area contributed by atoms with Gasteiger partial charge in [-0.1, -0.05) is 6.42 Å². The van der Waals surface area contributed by atoms with Gasteiger partial charge in [-0.2, -0.15) is 13.2 Å². The highest BCUT2D eigenvalue weighted by molar-refractivity contribution is 5.90. The number of carbonyl (C=O) groups excluding carboxylic acids is 1. The predicted molar refractivity (Wildman–Crippen MR) is 78.2 cm³/mol. The van der Waals surface area contributed by atoms with Gasteiger partial charge in [0.25, 0.3) is 0 Å². The number of esters is 1. The minimum Gasteiger partial charge on any atom is -0.505 e. The van der Waals surface area contributed by atoms with Crippen molar-refractivity contribution in [2.24, 2.45) is 0 Å². The summed E-state index contributed by atoms with van der Waals surface area (Å²) in [4.78, 5) is 11.7. The van der Waals surface area contributed by atoms with Crippen molar-refractivity contribution < 1.29 is 41.3 Å². The molecule has 0 fully saturated rings. The van der Waals surface area contributed by atoms with Crippen LogP contribution in [0.3, 0.4) is 0 Å². The van der Waals surface area contributed by atoms with E-state index in [9.17, 15) is 26.7 Å². The number of rotatable bonds is 9. The largest absolute Gasteiger partial charge is 0.505 e. The molecule has 0 saturated heterocycles. The van der Waals surface area contributed by atoms with Crippen molar-refractivity contribution in [2.45, 2.75) is 44.9 Å². The Morgan fingerprint density at radius 3 is 2.44 bits per heavy atom. The van der Waals surface area contributed by atoms with E-state index in [0.717, 1.165) is 0 Å². The lowest BCUT2D eigenvalue weighted by Gasteiger charge is -2.21. The standard InChI is InChI=1S/C16H19F5O4/c1-2-24-7-5-3-4-6-14(16(19,20)21)25-15(23)10-8-12(18)13(22)9-11(10)17/h8-9,14,22H,2-7H2,1H3/t14-/m1/s1. The van der Waals surface area contributed by atoms with Crippen LogP contribution in [0.15, 0.2) is 12.1 Å². The molecule has 1 rings (SSSR count). The second kappa shape index (κ2) is 9.55. The Kier molecular flexibility index (Phi) is 8.08. The van der Waals surface area contributed by atoms with Crippen LogP contribution in [0.25, 0.3) is 0 Å². The molecule has 142 valence electrons. The second-order valence-corrected chi connectivity index (χ2v) is 5.27. The van der Waals surface area contributed by atoms with Gasteiger partial charge >= 0.3 is 12.1 Å². The van der Waals surface area contributed by atoms with Gasteiger partial charge in [0.05, 0.1) is 5.56 Å². The van der Waals surface area contributed by atoms with Crippen molar-refractivity contribution in [3.63, 3.8) is 0 Å². The van der Waals surface area contributed by atoms with Crippen molar-refractivity contribution >= 4 is 5.97 Å². The van der Waals surface area contributed by atoms with Crippen molar-refractivity contribution in [3.8, 4) is 5.75 Å². The monoisotopic (exact) mass is 370 g/mol. The summed E-state index contributed by atoms with van der Waals surface area (Å²) in [5.41, 5.74) is -1.01. The van der Waals surface area contributed by atoms with Crippen LogP contribution in [0, 0.1) is 11.6 Å². The molecular formula is C16H19F5O4. The van der Waals surface area contributed by atoms with E-state index < -0.39 is 47.6 Å². The van der Waals surface area contributed by atoms with Crippen LogP contribution in [-0.2, 0) is 9.47 Å². The number of phenolic OH excluding ortho intramolecular Hbond substituents is 1. The van der Waals surface area contributed by atoms with Crippen LogP contribution in [-0.4, -0.2) is 36.6 Å². The van der Waals surface area contributed by atoms with Crippen LogP contribution >= 0.6 is 0 Å². The Morgan fingerprint density at radius 2 is 1.84 bits per heavy atom. The zero-order valence-corrected chi connectivity index (χ0v) is 13.5. The Morgan fingerprint density at radius 1 is 1.16 bits per heavy atom. The van der Waals surface area contributed by atoms with Crippen LogP contribution in [0.4, 0.5) is 22.0 Å². The molecule has 0 bridgehead atoms. The van der Waals surface area contributed by atoms with E-state index in [4.69, 9.17) is 9.84 Å². The molecule has 9 heteroatoms. The summed E-state index contributed by atoms with van der Waals surface area (Å²) in [5, 5.41) is 8.96. The summed E-state index contributed by atoms with van der Waals surface area (Å²) in [6.45, 7) is 2.73. The smallest absolute Gasteiger partial charge is 0.425 e. The number of halogens is 5. The third-order valence-electron chi connectivity index (χ3n) is 3.33. The highest BCUT2D eigenvalue weighted by Gasteiger charge is 2.42. The molecule has 25 heavy (non-hydrogen) atoms. The summed E-state index contributed by atoms with van der Waals surface area (Å²) in [5.74, 6) is -5.42. The molecule has 0 heterocycles. The van der Waals surface area contributed by atoms with Gasteiger partial charge in [-0.3, -0.25) is 0 Å². The van der Waals surface area contributed by atoms with Crippen molar-refractivity contribution in [2.75, 3.05) is 13.2 Å². The summed E-state index contributed by atoms with van der Waals surface area (Å²) < 4.78 is 75.0. The molecule has 0 radical (unpaired) electrons. The van der Waals surface area contributed by atoms with Crippen molar-refractivity contribution in [1.29, 1.82) is 0 Å². The van der Waals surface area contributed by atoms with E-state index in [0.29, 0.717) is 38.2 Å². The number of hydrogen-bond acceptors (Lipinski definition) is 4. The Hall–Kier alpha value is -1.90. The predicted octanol–water partition coefficient (Wildman–Crippen LogP) is 4.36. The number of hydrogen-bond donors (Lipinski definition) is 1. The molecule has 4 nitrogen and oxygen atoms in total. The fraction of sp³-hybridized carbons (Fsp3) is 0.562. The molecule has 1 atom stereocenters. The van der Waals surface area contributed by atoms with Crippen LogP contribution < -0.4 is 0 Å². The number of alkyl halides is 3. The van der Waals surface area contributed by atoms with Gasteiger partial charge in [-0.15, -0.1) is 0 Å². The van der Waals surface area contributed by atoms with E-state index in [1.807, 2.05) is 0 Å². The van der Waals surface area contributed by atoms with Gasteiger partial charge in [-0.05, 0) is 32.3 Å². The zero-order chi connectivity index (χ0) is 19.0. The SMILES string of the molecule is CCOCCCCC[C@@H](OC(=O)c1cc(F)c(O)cc1F)C(F)(F)F. The van der Waals surface area contributed by atoms with Gasteiger partial charge < -0.3 is 14.6 Å². The van der Waals surface area contributed by atoms with Crippen LogP contribution in [0.1, 0.15) is 43.0 Å². The van der Waals surface area contributed by atoms with Gasteiger partial charge in [0.1, 0.15) is 5.82 Å². The molecule has 0 amide bonds. The molecule has 0 aliphatic carbocycles. The average molecular weight is 370 g/mol. The summed E-state index contributed by atoms with van der Waals surface area (Å²) in [7, 11) is 0. The number of ether oxygens (including phenoxy) is 2. The topological polar surface area (TPSA) is 55.8 Å². The average Bonchev–Trinajstić information content (AvgIpc) is 2.51. The number of benzene rings is 1. The first-order valence-corrected chi connectivity index (χ1v) is 7.70. The number of phenols is 1. The number of unbranched alkanes of at least 4 members (excludes halogenated alkanes) is 2. The molecule has 1 aromatic rings. The molecule has 0 aliphatic heterocycles. The Labute approximate surface area is 141 Å². The van der Waals surface area contributed by atoms with E-state index in [1.54, 1.807) is 6.92 Å². The summed E-state index contributed by atoms with van der Waals surface area (Å²) in [6, 6.07) is 0.588. The first-order chi connectivity index (χ1) is 11.7. The first kappa shape index (κ1) is 21.1. The third kappa shape index (κ3) is 6.85. The van der Waals surface area contributed by atoms with Gasteiger partial charge in [0.15, 0.2) is 17.7 Å². The fourth-order valence-electron chi connectivity index (χ4n) is 2.03. The molecule has 0 aromatic heterocycles. The molecular weight excluding hydrogens is 351 g/mol. The molecule has 0 saturated carbocycles. The van der Waals surface area contributed by atoms with E-state index in [2.05, 4.69) is 4.74 Å². The maximum atomic E-state index is 13.5. The minimum absolute atomic E-state index is 0.122. The van der Waals surface area contributed by atoms with E-state index in [-0.39, 0.29) is 6.42 Å². The quantitative estimate of drug-likeness (QED) is 0.399. The Balaban J connectivity index is 2.69. The van der Waals surface area contributed by atoms with Gasteiger partial charge in [0.2, 0.25) is 0 Å². The highest BCUT2D eigenvalue weighted by Crippen LogP contribution is 2.29. The van der Waals surface area contributed by atoms with Crippen LogP contribution in [0.2, 0.25) is 0 Å². The summed E-state index contributed by atoms with van der Waals surface area (Å²) >= 11 is 0. The highest BCUT2D eigenvalue weighted by atomic mass is 19.4. The second-order valence-electron chi connectivity index (χ2n) is 5.27.